The number of aromatic amines is 1. The lowest BCUT2D eigenvalue weighted by Gasteiger charge is -2.22. The summed E-state index contributed by atoms with van der Waals surface area (Å²) in [7, 11) is 0. The van der Waals surface area contributed by atoms with Gasteiger partial charge < -0.3 is 5.32 Å². The van der Waals surface area contributed by atoms with Gasteiger partial charge in [0.1, 0.15) is 0 Å². The lowest BCUT2D eigenvalue weighted by Crippen LogP contribution is -2.23. The van der Waals surface area contributed by atoms with Gasteiger partial charge in [0, 0.05) is 23.8 Å². The summed E-state index contributed by atoms with van der Waals surface area (Å²) in [4.78, 5) is 0. The van der Waals surface area contributed by atoms with Crippen molar-refractivity contribution in [2.75, 3.05) is 0 Å². The van der Waals surface area contributed by atoms with E-state index < -0.39 is 0 Å². The van der Waals surface area contributed by atoms with Crippen LogP contribution in [0.3, 0.4) is 0 Å². The van der Waals surface area contributed by atoms with Crippen LogP contribution in [0.25, 0.3) is 0 Å². The van der Waals surface area contributed by atoms with Crippen molar-refractivity contribution in [3.05, 3.63) is 53.9 Å². The van der Waals surface area contributed by atoms with Crippen molar-refractivity contribution in [1.29, 1.82) is 0 Å². The molecule has 1 aromatic heterocycles. The predicted molar refractivity (Wildman–Crippen MR) is 69.6 cm³/mol. The van der Waals surface area contributed by atoms with Gasteiger partial charge in [-0.1, -0.05) is 37.3 Å². The van der Waals surface area contributed by atoms with Crippen LogP contribution in [0.4, 0.5) is 0 Å². The van der Waals surface area contributed by atoms with E-state index in [2.05, 4.69) is 59.7 Å². The Labute approximate surface area is 102 Å². The Hall–Kier alpha value is -1.61. The molecule has 0 bridgehead atoms. The Morgan fingerprint density at radius 2 is 2.00 bits per heavy atom. The highest BCUT2D eigenvalue weighted by molar-refractivity contribution is 5.19. The maximum absolute atomic E-state index is 3.98. The zero-order valence-electron chi connectivity index (χ0n) is 10.4. The number of benzene rings is 1. The van der Waals surface area contributed by atoms with Gasteiger partial charge in [-0.25, -0.2) is 0 Å². The van der Waals surface area contributed by atoms with Crippen LogP contribution in [0.2, 0.25) is 0 Å². The van der Waals surface area contributed by atoms with Crippen LogP contribution in [-0.2, 0) is 0 Å². The van der Waals surface area contributed by atoms with Gasteiger partial charge in [-0.2, -0.15) is 5.10 Å². The van der Waals surface area contributed by atoms with Crippen molar-refractivity contribution in [2.24, 2.45) is 0 Å². The molecule has 2 atom stereocenters. The molecule has 0 aliphatic heterocycles. The van der Waals surface area contributed by atoms with Crippen molar-refractivity contribution < 1.29 is 0 Å². The average Bonchev–Trinajstić information content (AvgIpc) is 2.90. The summed E-state index contributed by atoms with van der Waals surface area (Å²) in [5.41, 5.74) is 2.53. The number of nitrogens with one attached hydrogen (secondary N) is 2. The summed E-state index contributed by atoms with van der Waals surface area (Å²) < 4.78 is 0. The number of rotatable bonds is 5. The third-order valence-electron chi connectivity index (χ3n) is 3.08. The minimum atomic E-state index is 0.305. The molecule has 0 aliphatic rings. The first-order valence-electron chi connectivity index (χ1n) is 6.11. The van der Waals surface area contributed by atoms with Crippen LogP contribution in [0.5, 0.6) is 0 Å². The first-order chi connectivity index (χ1) is 8.31. The highest BCUT2D eigenvalue weighted by Crippen LogP contribution is 2.21. The van der Waals surface area contributed by atoms with Gasteiger partial charge in [0.2, 0.25) is 0 Å². The molecule has 2 rings (SSSR count). The summed E-state index contributed by atoms with van der Waals surface area (Å²) in [6.07, 6.45) is 4.89. The van der Waals surface area contributed by atoms with Crippen LogP contribution < -0.4 is 5.32 Å². The number of nitrogens with zero attached hydrogens (tertiary/aromatic N) is 1. The van der Waals surface area contributed by atoms with Crippen molar-refractivity contribution >= 4 is 0 Å². The Kier molecular flexibility index (Phi) is 3.94. The fraction of sp³-hybridized carbons (Fsp3) is 0.357. The summed E-state index contributed by atoms with van der Waals surface area (Å²) >= 11 is 0. The van der Waals surface area contributed by atoms with Gasteiger partial charge in [-0.15, -0.1) is 0 Å². The second-order valence-electron chi connectivity index (χ2n) is 4.29. The SMILES string of the molecule is CCC(NC(C)c1cn[nH]c1)c1ccccc1. The highest BCUT2D eigenvalue weighted by Gasteiger charge is 2.13. The fourth-order valence-electron chi connectivity index (χ4n) is 2.03. The minimum absolute atomic E-state index is 0.305. The van der Waals surface area contributed by atoms with E-state index in [9.17, 15) is 0 Å². The van der Waals surface area contributed by atoms with Crippen LogP contribution in [-0.4, -0.2) is 10.2 Å². The van der Waals surface area contributed by atoms with E-state index in [0.717, 1.165) is 6.42 Å². The number of aromatic nitrogens is 2. The molecule has 0 saturated carbocycles. The second kappa shape index (κ2) is 5.64. The lowest BCUT2D eigenvalue weighted by atomic mass is 10.0. The highest BCUT2D eigenvalue weighted by atomic mass is 15.1. The molecular weight excluding hydrogens is 210 g/mol. The topological polar surface area (TPSA) is 40.7 Å². The maximum Gasteiger partial charge on any atom is 0.0534 e. The van der Waals surface area contributed by atoms with Crippen LogP contribution in [0.15, 0.2) is 42.7 Å². The van der Waals surface area contributed by atoms with E-state index >= 15 is 0 Å². The zero-order valence-corrected chi connectivity index (χ0v) is 10.4. The van der Waals surface area contributed by atoms with Gasteiger partial charge >= 0.3 is 0 Å². The Bertz CT molecular complexity index is 422. The van der Waals surface area contributed by atoms with E-state index in [-0.39, 0.29) is 0 Å². The minimum Gasteiger partial charge on any atom is -0.303 e. The largest absolute Gasteiger partial charge is 0.303 e. The molecule has 0 saturated heterocycles. The van der Waals surface area contributed by atoms with E-state index in [4.69, 9.17) is 0 Å². The third-order valence-corrected chi connectivity index (χ3v) is 3.08. The molecule has 17 heavy (non-hydrogen) atoms. The summed E-state index contributed by atoms with van der Waals surface area (Å²) in [6.45, 7) is 4.36. The van der Waals surface area contributed by atoms with Gasteiger partial charge in [0.05, 0.1) is 6.20 Å². The molecule has 90 valence electrons. The zero-order chi connectivity index (χ0) is 12.1. The van der Waals surface area contributed by atoms with Crippen LogP contribution in [0.1, 0.15) is 43.5 Å². The summed E-state index contributed by atoms with van der Waals surface area (Å²) in [6, 6.07) is 11.3. The van der Waals surface area contributed by atoms with Crippen molar-refractivity contribution in [3.8, 4) is 0 Å². The van der Waals surface area contributed by atoms with Gasteiger partial charge in [0.15, 0.2) is 0 Å². The molecule has 3 heteroatoms. The monoisotopic (exact) mass is 229 g/mol. The molecule has 3 nitrogen and oxygen atoms in total. The van der Waals surface area contributed by atoms with Gasteiger partial charge in [-0.3, -0.25) is 5.10 Å². The third kappa shape index (κ3) is 2.94. The van der Waals surface area contributed by atoms with Crippen LogP contribution in [0, 0.1) is 0 Å². The summed E-state index contributed by atoms with van der Waals surface area (Å²) in [5.74, 6) is 0. The predicted octanol–water partition coefficient (Wildman–Crippen LogP) is 3.21. The first kappa shape index (κ1) is 11.9. The molecule has 2 N–H and O–H groups in total. The van der Waals surface area contributed by atoms with Crippen LogP contribution >= 0.6 is 0 Å². The Morgan fingerprint density at radius 1 is 1.24 bits per heavy atom. The van der Waals surface area contributed by atoms with Crippen molar-refractivity contribution in [2.45, 2.75) is 32.4 Å². The first-order valence-corrected chi connectivity index (χ1v) is 6.11. The molecule has 1 heterocycles. The molecule has 0 radical (unpaired) electrons. The molecule has 2 aromatic rings. The maximum atomic E-state index is 3.98. The molecule has 0 fully saturated rings. The number of hydrogen-bond donors (Lipinski definition) is 2. The molecular formula is C14H19N3. The molecule has 0 spiro atoms. The smallest absolute Gasteiger partial charge is 0.0534 e. The molecule has 1 aromatic carbocycles. The Balaban J connectivity index is 2.06. The standard InChI is InChI=1S/C14H19N3/c1-3-14(12-7-5-4-6-8-12)17-11(2)13-9-15-16-10-13/h4-11,14,17H,3H2,1-2H3,(H,15,16). The lowest BCUT2D eigenvalue weighted by molar-refractivity contribution is 0.456. The summed E-state index contributed by atoms with van der Waals surface area (Å²) in [5, 5.41) is 10.5. The van der Waals surface area contributed by atoms with E-state index in [1.54, 1.807) is 0 Å². The average molecular weight is 229 g/mol. The normalized spacial score (nSPS) is 14.5. The van der Waals surface area contributed by atoms with Crippen molar-refractivity contribution in [1.82, 2.24) is 15.5 Å². The number of hydrogen-bond acceptors (Lipinski definition) is 2. The second-order valence-corrected chi connectivity index (χ2v) is 4.29. The quantitative estimate of drug-likeness (QED) is 0.826. The van der Waals surface area contributed by atoms with E-state index in [0.29, 0.717) is 12.1 Å². The number of H-pyrrole nitrogens is 1. The Morgan fingerprint density at radius 3 is 2.59 bits per heavy atom. The molecule has 0 aliphatic carbocycles. The molecule has 2 unspecified atom stereocenters. The molecule has 0 amide bonds. The van der Waals surface area contributed by atoms with E-state index in [1.807, 2.05) is 12.4 Å². The van der Waals surface area contributed by atoms with E-state index in [1.165, 1.54) is 11.1 Å². The fourth-order valence-corrected chi connectivity index (χ4v) is 2.03. The van der Waals surface area contributed by atoms with Gasteiger partial charge in [-0.05, 0) is 18.9 Å². The van der Waals surface area contributed by atoms with Gasteiger partial charge in [0.25, 0.3) is 0 Å². The van der Waals surface area contributed by atoms with Crippen molar-refractivity contribution in [3.63, 3.8) is 0 Å².